The molecule has 1 fully saturated rings. The molecule has 2 rings (SSSR count). The van der Waals surface area contributed by atoms with Gasteiger partial charge in [-0.1, -0.05) is 13.0 Å². The van der Waals surface area contributed by atoms with Gasteiger partial charge >= 0.3 is 0 Å². The molecule has 3 nitrogen and oxygen atoms in total. The summed E-state index contributed by atoms with van der Waals surface area (Å²) < 4.78 is 0. The third-order valence-electron chi connectivity index (χ3n) is 3.88. The van der Waals surface area contributed by atoms with E-state index in [-0.39, 0.29) is 12.4 Å². The molecular weight excluding hydrogens is 258 g/mol. The predicted molar refractivity (Wildman–Crippen MR) is 82.8 cm³/mol. The van der Waals surface area contributed by atoms with Gasteiger partial charge in [-0.15, -0.1) is 12.4 Å². The molecule has 1 saturated heterocycles. The van der Waals surface area contributed by atoms with Crippen LogP contribution in [0, 0.1) is 12.8 Å². The summed E-state index contributed by atoms with van der Waals surface area (Å²) in [5.41, 5.74) is 2.55. The lowest BCUT2D eigenvalue weighted by Gasteiger charge is -2.32. The molecule has 0 bridgehead atoms. The van der Waals surface area contributed by atoms with E-state index in [0.717, 1.165) is 19.0 Å². The molecule has 1 aromatic heterocycles. The largest absolute Gasteiger partial charge is 0.317 e. The van der Waals surface area contributed by atoms with Crippen LogP contribution in [0.2, 0.25) is 0 Å². The summed E-state index contributed by atoms with van der Waals surface area (Å²) in [5, 5.41) is 3.46. The molecule has 0 spiro atoms. The maximum atomic E-state index is 4.49. The minimum absolute atomic E-state index is 0. The lowest BCUT2D eigenvalue weighted by molar-refractivity contribution is 0.174. The van der Waals surface area contributed by atoms with E-state index in [4.69, 9.17) is 0 Å². The average molecular weight is 284 g/mol. The summed E-state index contributed by atoms with van der Waals surface area (Å²) in [7, 11) is 0. The lowest BCUT2D eigenvalue weighted by Crippen LogP contribution is -2.37. The molecule has 108 valence electrons. The molecule has 1 aliphatic rings. The summed E-state index contributed by atoms with van der Waals surface area (Å²) in [5.74, 6) is 0.867. The summed E-state index contributed by atoms with van der Waals surface area (Å²) in [6, 6.07) is 4.17. The van der Waals surface area contributed by atoms with Crippen LogP contribution < -0.4 is 5.32 Å². The van der Waals surface area contributed by atoms with Gasteiger partial charge in [-0.3, -0.25) is 9.88 Å². The molecule has 4 heteroatoms. The van der Waals surface area contributed by atoms with Crippen molar-refractivity contribution in [2.75, 3.05) is 26.2 Å². The maximum absolute atomic E-state index is 4.49. The first-order valence-corrected chi connectivity index (χ1v) is 7.13. The van der Waals surface area contributed by atoms with Crippen molar-refractivity contribution in [3.63, 3.8) is 0 Å². The van der Waals surface area contributed by atoms with E-state index in [1.807, 2.05) is 12.3 Å². The second-order valence-electron chi connectivity index (χ2n) is 5.29. The van der Waals surface area contributed by atoms with Crippen LogP contribution in [-0.4, -0.2) is 36.1 Å². The van der Waals surface area contributed by atoms with E-state index in [9.17, 15) is 0 Å². The molecule has 1 aromatic rings. The van der Waals surface area contributed by atoms with Crippen molar-refractivity contribution in [2.45, 2.75) is 33.2 Å². The van der Waals surface area contributed by atoms with Crippen molar-refractivity contribution in [3.05, 3.63) is 29.6 Å². The Kier molecular flexibility index (Phi) is 7.36. The highest BCUT2D eigenvalue weighted by Gasteiger charge is 2.19. The van der Waals surface area contributed by atoms with Crippen LogP contribution in [0.25, 0.3) is 0 Å². The predicted octanol–water partition coefficient (Wildman–Crippen LogP) is 2.63. The van der Waals surface area contributed by atoms with Gasteiger partial charge in [-0.25, -0.2) is 0 Å². The first kappa shape index (κ1) is 16.4. The zero-order chi connectivity index (χ0) is 12.8. The molecule has 0 saturated carbocycles. The first-order chi connectivity index (χ1) is 8.79. The molecule has 1 N–H and O–H groups in total. The number of nitrogens with one attached hydrogen (secondary N) is 1. The van der Waals surface area contributed by atoms with Crippen molar-refractivity contribution in [3.8, 4) is 0 Å². The number of likely N-dealkylation sites (tertiary alicyclic amines) is 1. The molecule has 0 unspecified atom stereocenters. The monoisotopic (exact) mass is 283 g/mol. The standard InChI is InChI=1S/C15H25N3.ClH/c1-3-16-11-14-6-9-18(10-7-14)12-15-13(2)5-4-8-17-15;/h4-5,8,14,16H,3,6-7,9-12H2,1-2H3;1H. The highest BCUT2D eigenvalue weighted by Crippen LogP contribution is 2.18. The van der Waals surface area contributed by atoms with Gasteiger partial charge in [-0.05, 0) is 63.5 Å². The fourth-order valence-corrected chi connectivity index (χ4v) is 2.59. The van der Waals surface area contributed by atoms with E-state index in [0.29, 0.717) is 0 Å². The Balaban J connectivity index is 0.00000180. The summed E-state index contributed by atoms with van der Waals surface area (Å²) in [6.07, 6.45) is 4.54. The Bertz CT molecular complexity index is 362. The van der Waals surface area contributed by atoms with E-state index < -0.39 is 0 Å². The molecule has 0 radical (unpaired) electrons. The molecular formula is C15H26ClN3. The normalized spacial score (nSPS) is 17.2. The number of piperidine rings is 1. The quantitative estimate of drug-likeness (QED) is 0.900. The fourth-order valence-electron chi connectivity index (χ4n) is 2.59. The lowest BCUT2D eigenvalue weighted by atomic mass is 9.96. The number of aromatic nitrogens is 1. The van der Waals surface area contributed by atoms with Gasteiger partial charge in [0, 0.05) is 12.7 Å². The molecule has 2 heterocycles. The van der Waals surface area contributed by atoms with Gasteiger partial charge in [0.2, 0.25) is 0 Å². The number of nitrogens with zero attached hydrogens (tertiary/aromatic N) is 2. The molecule has 0 atom stereocenters. The Labute approximate surface area is 123 Å². The number of aryl methyl sites for hydroxylation is 1. The van der Waals surface area contributed by atoms with Gasteiger partial charge in [0.15, 0.2) is 0 Å². The minimum atomic E-state index is 0. The van der Waals surface area contributed by atoms with Gasteiger partial charge in [0.1, 0.15) is 0 Å². The number of halogens is 1. The molecule has 0 aromatic carbocycles. The zero-order valence-corrected chi connectivity index (χ0v) is 12.9. The Morgan fingerprint density at radius 2 is 2.11 bits per heavy atom. The third-order valence-corrected chi connectivity index (χ3v) is 3.88. The average Bonchev–Trinajstić information content (AvgIpc) is 2.41. The van der Waals surface area contributed by atoms with Crippen LogP contribution in [-0.2, 0) is 6.54 Å². The highest BCUT2D eigenvalue weighted by molar-refractivity contribution is 5.85. The maximum Gasteiger partial charge on any atom is 0.0573 e. The molecule has 0 amide bonds. The van der Waals surface area contributed by atoms with Crippen LogP contribution in [0.5, 0.6) is 0 Å². The van der Waals surface area contributed by atoms with Crippen molar-refractivity contribution < 1.29 is 0 Å². The van der Waals surface area contributed by atoms with Crippen molar-refractivity contribution in [2.24, 2.45) is 5.92 Å². The molecule has 0 aliphatic carbocycles. The van der Waals surface area contributed by atoms with Gasteiger partial charge < -0.3 is 5.32 Å². The Hall–Kier alpha value is -0.640. The highest BCUT2D eigenvalue weighted by atomic mass is 35.5. The second-order valence-corrected chi connectivity index (χ2v) is 5.29. The van der Waals surface area contributed by atoms with Crippen LogP contribution in [0.3, 0.4) is 0 Å². The Morgan fingerprint density at radius 3 is 2.74 bits per heavy atom. The van der Waals surface area contributed by atoms with Crippen LogP contribution in [0.4, 0.5) is 0 Å². The second kappa shape index (κ2) is 8.51. The Morgan fingerprint density at radius 1 is 1.37 bits per heavy atom. The van der Waals surface area contributed by atoms with Crippen LogP contribution in [0.15, 0.2) is 18.3 Å². The van der Waals surface area contributed by atoms with Crippen LogP contribution in [0.1, 0.15) is 31.0 Å². The van der Waals surface area contributed by atoms with Crippen LogP contribution >= 0.6 is 12.4 Å². The number of pyridine rings is 1. The molecule has 19 heavy (non-hydrogen) atoms. The zero-order valence-electron chi connectivity index (χ0n) is 12.1. The van der Waals surface area contributed by atoms with Crippen molar-refractivity contribution in [1.29, 1.82) is 0 Å². The third kappa shape index (κ3) is 5.09. The number of rotatable bonds is 5. The topological polar surface area (TPSA) is 28.2 Å². The first-order valence-electron chi connectivity index (χ1n) is 7.13. The summed E-state index contributed by atoms with van der Waals surface area (Å²) in [4.78, 5) is 7.03. The molecule has 1 aliphatic heterocycles. The van der Waals surface area contributed by atoms with E-state index in [1.54, 1.807) is 0 Å². The van der Waals surface area contributed by atoms with Gasteiger partial charge in [0.05, 0.1) is 5.69 Å². The minimum Gasteiger partial charge on any atom is -0.317 e. The smallest absolute Gasteiger partial charge is 0.0573 e. The van der Waals surface area contributed by atoms with Crippen molar-refractivity contribution >= 4 is 12.4 Å². The van der Waals surface area contributed by atoms with Gasteiger partial charge in [-0.2, -0.15) is 0 Å². The number of hydrogen-bond acceptors (Lipinski definition) is 3. The van der Waals surface area contributed by atoms with E-state index in [2.05, 4.69) is 35.1 Å². The SMILES string of the molecule is CCNCC1CCN(Cc2ncccc2C)CC1.Cl. The van der Waals surface area contributed by atoms with E-state index >= 15 is 0 Å². The summed E-state index contributed by atoms with van der Waals surface area (Å²) >= 11 is 0. The number of hydrogen-bond donors (Lipinski definition) is 1. The van der Waals surface area contributed by atoms with E-state index in [1.165, 1.54) is 43.7 Å². The van der Waals surface area contributed by atoms with Gasteiger partial charge in [0.25, 0.3) is 0 Å². The fraction of sp³-hybridized carbons (Fsp3) is 0.667. The summed E-state index contributed by atoms with van der Waals surface area (Å²) in [6.45, 7) is 10.1. The van der Waals surface area contributed by atoms with Crippen molar-refractivity contribution in [1.82, 2.24) is 15.2 Å².